The average Bonchev–Trinajstić information content (AvgIpc) is 3.23. The van der Waals surface area contributed by atoms with Crippen molar-refractivity contribution in [3.63, 3.8) is 0 Å². The number of ether oxygens (including phenoxy) is 1. The first-order valence-corrected chi connectivity index (χ1v) is 13.1. The van der Waals surface area contributed by atoms with E-state index >= 15 is 0 Å². The molecule has 4 rings (SSSR count). The van der Waals surface area contributed by atoms with Gasteiger partial charge in [-0.25, -0.2) is 8.42 Å². The van der Waals surface area contributed by atoms with Gasteiger partial charge in [-0.1, -0.05) is 40.2 Å². The van der Waals surface area contributed by atoms with Gasteiger partial charge in [-0.15, -0.1) is 0 Å². The van der Waals surface area contributed by atoms with Crippen molar-refractivity contribution in [3.05, 3.63) is 29.3 Å². The summed E-state index contributed by atoms with van der Waals surface area (Å²) >= 11 is 0. The predicted molar refractivity (Wildman–Crippen MR) is 120 cm³/mol. The highest BCUT2D eigenvalue weighted by molar-refractivity contribution is 7.89. The van der Waals surface area contributed by atoms with Gasteiger partial charge in [0, 0.05) is 24.7 Å². The summed E-state index contributed by atoms with van der Waals surface area (Å²) in [6, 6.07) is 5.29. The van der Waals surface area contributed by atoms with Gasteiger partial charge in [-0.2, -0.15) is 4.31 Å². The molecule has 1 heterocycles. The van der Waals surface area contributed by atoms with E-state index < -0.39 is 10.0 Å². The number of fused-ring (bicyclic) bond motifs is 2. The summed E-state index contributed by atoms with van der Waals surface area (Å²) < 4.78 is 33.6. The molecule has 2 aliphatic carbocycles. The predicted octanol–water partition coefficient (Wildman–Crippen LogP) is 3.60. The third-order valence-electron chi connectivity index (χ3n) is 7.98. The Morgan fingerprint density at radius 3 is 2.55 bits per heavy atom. The molecule has 1 N–H and O–H groups in total. The molecule has 0 aromatic heterocycles. The second kappa shape index (κ2) is 8.16. The molecule has 2 saturated carbocycles. The van der Waals surface area contributed by atoms with Crippen LogP contribution in [-0.4, -0.2) is 51.0 Å². The first-order valence-electron chi connectivity index (χ1n) is 11.6. The lowest BCUT2D eigenvalue weighted by Crippen LogP contribution is -2.52. The fraction of sp³-hybridized carbons (Fsp3) is 0.708. The van der Waals surface area contributed by atoms with E-state index in [0.717, 1.165) is 24.8 Å². The van der Waals surface area contributed by atoms with Crippen LogP contribution in [0.5, 0.6) is 0 Å². The molecule has 2 unspecified atom stereocenters. The molecular formula is C24H36N2O4S. The van der Waals surface area contributed by atoms with Crippen LogP contribution in [0.4, 0.5) is 0 Å². The molecule has 1 saturated heterocycles. The summed E-state index contributed by atoms with van der Waals surface area (Å²) in [4.78, 5) is 13.6. The van der Waals surface area contributed by atoms with Gasteiger partial charge in [0.1, 0.15) is 0 Å². The summed E-state index contributed by atoms with van der Waals surface area (Å²) in [6.45, 7) is 10.3. The second-order valence-electron chi connectivity index (χ2n) is 10.4. The minimum atomic E-state index is -3.67. The summed E-state index contributed by atoms with van der Waals surface area (Å²) in [5.74, 6) is 0.459. The summed E-state index contributed by atoms with van der Waals surface area (Å²) in [6.07, 6.45) is 5.02. The van der Waals surface area contributed by atoms with Gasteiger partial charge in [-0.05, 0) is 60.1 Å². The van der Waals surface area contributed by atoms with Crippen molar-refractivity contribution in [2.75, 3.05) is 26.3 Å². The Bertz CT molecular complexity index is 948. The van der Waals surface area contributed by atoms with Gasteiger partial charge < -0.3 is 10.1 Å². The van der Waals surface area contributed by atoms with Gasteiger partial charge in [0.05, 0.1) is 18.1 Å². The van der Waals surface area contributed by atoms with E-state index in [2.05, 4.69) is 26.1 Å². The Morgan fingerprint density at radius 1 is 1.23 bits per heavy atom. The van der Waals surface area contributed by atoms with Crippen LogP contribution >= 0.6 is 0 Å². The van der Waals surface area contributed by atoms with E-state index in [-0.39, 0.29) is 27.7 Å². The number of aryl methyl sites for hydroxylation is 1. The second-order valence-corrected chi connectivity index (χ2v) is 12.3. The van der Waals surface area contributed by atoms with E-state index in [4.69, 9.17) is 4.74 Å². The van der Waals surface area contributed by atoms with Crippen LogP contribution in [-0.2, 0) is 21.2 Å². The fourth-order valence-electron chi connectivity index (χ4n) is 6.21. The highest BCUT2D eigenvalue weighted by Crippen LogP contribution is 2.62. The van der Waals surface area contributed by atoms with Crippen LogP contribution in [0.25, 0.3) is 0 Å². The summed E-state index contributed by atoms with van der Waals surface area (Å²) in [5.41, 5.74) is 1.37. The number of rotatable bonds is 6. The number of nitrogens with zero attached hydrogens (tertiary/aromatic N) is 1. The van der Waals surface area contributed by atoms with Crippen LogP contribution in [0, 0.1) is 16.7 Å². The van der Waals surface area contributed by atoms with Gasteiger partial charge in [0.2, 0.25) is 10.0 Å². The van der Waals surface area contributed by atoms with Gasteiger partial charge in [0.25, 0.3) is 5.91 Å². The molecule has 1 aliphatic heterocycles. The number of amides is 1. The van der Waals surface area contributed by atoms with Crippen LogP contribution < -0.4 is 5.32 Å². The first kappa shape index (κ1) is 22.7. The molecule has 1 aromatic carbocycles. The maximum Gasteiger partial charge on any atom is 0.251 e. The van der Waals surface area contributed by atoms with Crippen LogP contribution in [0.15, 0.2) is 23.1 Å². The molecule has 0 radical (unpaired) electrons. The Labute approximate surface area is 186 Å². The highest BCUT2D eigenvalue weighted by atomic mass is 32.2. The van der Waals surface area contributed by atoms with Crippen molar-refractivity contribution in [3.8, 4) is 0 Å². The Balaban J connectivity index is 1.63. The third kappa shape index (κ3) is 3.93. The quantitative estimate of drug-likeness (QED) is 0.721. The zero-order chi connectivity index (χ0) is 22.4. The molecule has 7 heteroatoms. The van der Waals surface area contributed by atoms with Crippen molar-refractivity contribution >= 4 is 15.9 Å². The lowest BCUT2D eigenvalue weighted by atomic mass is 9.68. The molecule has 0 spiro atoms. The average molecular weight is 449 g/mol. The van der Waals surface area contributed by atoms with E-state index in [1.165, 1.54) is 10.7 Å². The van der Waals surface area contributed by atoms with Crippen molar-refractivity contribution in [1.29, 1.82) is 0 Å². The van der Waals surface area contributed by atoms with Crippen molar-refractivity contribution in [1.82, 2.24) is 9.62 Å². The molecule has 3 fully saturated rings. The zero-order valence-electron chi connectivity index (χ0n) is 19.2. The largest absolute Gasteiger partial charge is 0.379 e. The van der Waals surface area contributed by atoms with E-state index in [9.17, 15) is 13.2 Å². The molecule has 1 amide bonds. The Kier molecular flexibility index (Phi) is 5.99. The third-order valence-corrected chi connectivity index (χ3v) is 9.96. The van der Waals surface area contributed by atoms with E-state index in [0.29, 0.717) is 44.2 Å². The van der Waals surface area contributed by atoms with Crippen molar-refractivity contribution in [2.45, 2.75) is 70.7 Å². The van der Waals surface area contributed by atoms with Crippen LogP contribution in [0.2, 0.25) is 0 Å². The zero-order valence-corrected chi connectivity index (χ0v) is 20.1. The fourth-order valence-corrected chi connectivity index (χ4v) is 7.90. The standard InChI is InChI=1S/C24H36N2O4S/c1-5-6-17-7-8-18(15-20(17)31(28,29)26-11-13-30-14-12-26)21(27)25-22-23(2,3)19-9-10-24(22,4)16-19/h7-8,15,19,22H,5-6,9-14,16H2,1-4H3,(H,25,27)/t19-,22?,24?/m1/s1. The molecule has 172 valence electrons. The normalized spacial score (nSPS) is 30.5. The van der Waals surface area contributed by atoms with Crippen LogP contribution in [0.3, 0.4) is 0 Å². The molecule has 1 aromatic rings. The van der Waals surface area contributed by atoms with Crippen molar-refractivity contribution in [2.24, 2.45) is 16.7 Å². The summed E-state index contributed by atoms with van der Waals surface area (Å²) in [5, 5.41) is 3.30. The first-order chi connectivity index (χ1) is 14.6. The monoisotopic (exact) mass is 448 g/mol. The number of hydrogen-bond donors (Lipinski definition) is 1. The molecular weight excluding hydrogens is 412 g/mol. The summed E-state index contributed by atoms with van der Waals surface area (Å²) in [7, 11) is -3.67. The van der Waals surface area contributed by atoms with Crippen LogP contribution in [0.1, 0.15) is 69.3 Å². The smallest absolute Gasteiger partial charge is 0.251 e. The minimum absolute atomic E-state index is 0.0491. The maximum atomic E-state index is 13.4. The molecule has 3 aliphatic rings. The number of carbonyl (C=O) groups excluding carboxylic acids is 1. The molecule has 6 nitrogen and oxygen atoms in total. The number of hydrogen-bond acceptors (Lipinski definition) is 4. The minimum Gasteiger partial charge on any atom is -0.379 e. The molecule has 31 heavy (non-hydrogen) atoms. The SMILES string of the molecule is CCCc1ccc(C(=O)NC2C3(C)CC[C@H](C3)C2(C)C)cc1S(=O)(=O)N1CCOCC1. The van der Waals surface area contributed by atoms with E-state index in [1.807, 2.05) is 13.0 Å². The number of nitrogens with one attached hydrogen (secondary N) is 1. The molecule has 3 atom stereocenters. The lowest BCUT2D eigenvalue weighted by Gasteiger charge is -2.43. The topological polar surface area (TPSA) is 75.7 Å². The van der Waals surface area contributed by atoms with Crippen molar-refractivity contribution < 1.29 is 17.9 Å². The number of morpholine rings is 1. The molecule has 2 bridgehead atoms. The van der Waals surface area contributed by atoms with E-state index in [1.54, 1.807) is 12.1 Å². The van der Waals surface area contributed by atoms with Gasteiger partial charge in [-0.3, -0.25) is 4.79 Å². The number of carbonyl (C=O) groups is 1. The Morgan fingerprint density at radius 2 is 1.94 bits per heavy atom. The lowest BCUT2D eigenvalue weighted by molar-refractivity contribution is 0.0728. The van der Waals surface area contributed by atoms with Gasteiger partial charge >= 0.3 is 0 Å². The highest BCUT2D eigenvalue weighted by Gasteiger charge is 2.59. The van der Waals surface area contributed by atoms with Gasteiger partial charge in [0.15, 0.2) is 0 Å². The maximum absolute atomic E-state index is 13.4. The number of benzene rings is 1. The Hall–Kier alpha value is -1.44. The number of sulfonamides is 1.